The van der Waals surface area contributed by atoms with Gasteiger partial charge in [0.25, 0.3) is 0 Å². The number of aromatic nitrogens is 2. The van der Waals surface area contributed by atoms with Gasteiger partial charge in [0, 0.05) is 26.1 Å². The molecular weight excluding hydrogens is 262 g/mol. The van der Waals surface area contributed by atoms with Gasteiger partial charge in [-0.15, -0.1) is 0 Å². The van der Waals surface area contributed by atoms with Gasteiger partial charge in [-0.1, -0.05) is 19.1 Å². The Balaban J connectivity index is 2.07. The van der Waals surface area contributed by atoms with Crippen LogP contribution < -0.4 is 10.6 Å². The van der Waals surface area contributed by atoms with E-state index in [0.717, 1.165) is 35.9 Å². The van der Waals surface area contributed by atoms with E-state index in [9.17, 15) is 0 Å². The third kappa shape index (κ3) is 4.18. The highest BCUT2D eigenvalue weighted by atomic mass is 15.1. The van der Waals surface area contributed by atoms with Gasteiger partial charge in [0.1, 0.15) is 17.5 Å². The smallest absolute Gasteiger partial charge is 0.133 e. The second-order valence-corrected chi connectivity index (χ2v) is 4.72. The van der Waals surface area contributed by atoms with Crippen LogP contribution in [0.2, 0.25) is 0 Å². The Hall–Kier alpha value is -2.61. The Morgan fingerprint density at radius 1 is 1.14 bits per heavy atom. The molecule has 0 spiro atoms. The molecule has 2 aromatic rings. The molecule has 2 rings (SSSR count). The lowest BCUT2D eigenvalue weighted by atomic mass is 10.1. The number of nitrogens with zero attached hydrogens (tertiary/aromatic N) is 3. The van der Waals surface area contributed by atoms with Gasteiger partial charge in [-0.25, -0.2) is 9.97 Å². The number of hydrogen-bond donors (Lipinski definition) is 2. The average Bonchev–Trinajstić information content (AvgIpc) is 2.53. The average molecular weight is 281 g/mol. The molecule has 0 saturated carbocycles. The molecule has 5 nitrogen and oxygen atoms in total. The van der Waals surface area contributed by atoms with Crippen LogP contribution in [-0.4, -0.2) is 17.0 Å². The number of anilines is 2. The SMILES string of the molecule is CCCc1nc(NC)cc(NCc2ccc(C#N)cc2)n1. The largest absolute Gasteiger partial charge is 0.373 e. The zero-order valence-electron chi connectivity index (χ0n) is 12.3. The summed E-state index contributed by atoms with van der Waals surface area (Å²) in [6.07, 6.45) is 1.88. The predicted molar refractivity (Wildman–Crippen MR) is 84.1 cm³/mol. The fourth-order valence-electron chi connectivity index (χ4n) is 1.94. The van der Waals surface area contributed by atoms with Crippen molar-refractivity contribution in [1.82, 2.24) is 9.97 Å². The second kappa shape index (κ2) is 7.25. The van der Waals surface area contributed by atoms with Crippen LogP contribution in [-0.2, 0) is 13.0 Å². The Morgan fingerprint density at radius 2 is 1.86 bits per heavy atom. The van der Waals surface area contributed by atoms with Crippen LogP contribution in [0.1, 0.15) is 30.3 Å². The number of benzene rings is 1. The summed E-state index contributed by atoms with van der Waals surface area (Å²) in [5, 5.41) is 15.1. The number of nitrogens with one attached hydrogen (secondary N) is 2. The fourth-order valence-corrected chi connectivity index (χ4v) is 1.94. The van der Waals surface area contributed by atoms with Gasteiger partial charge in [-0.05, 0) is 24.1 Å². The molecule has 0 atom stereocenters. The Kier molecular flexibility index (Phi) is 5.10. The van der Waals surface area contributed by atoms with E-state index in [-0.39, 0.29) is 0 Å². The molecule has 0 aliphatic rings. The molecule has 2 N–H and O–H groups in total. The molecule has 0 saturated heterocycles. The van der Waals surface area contributed by atoms with Gasteiger partial charge < -0.3 is 10.6 Å². The summed E-state index contributed by atoms with van der Waals surface area (Å²) >= 11 is 0. The van der Waals surface area contributed by atoms with E-state index in [1.54, 1.807) is 0 Å². The van der Waals surface area contributed by atoms with Gasteiger partial charge in [-0.2, -0.15) is 5.26 Å². The minimum Gasteiger partial charge on any atom is -0.373 e. The van der Waals surface area contributed by atoms with Gasteiger partial charge in [-0.3, -0.25) is 0 Å². The number of aryl methyl sites for hydroxylation is 1. The monoisotopic (exact) mass is 281 g/mol. The maximum atomic E-state index is 8.79. The van der Waals surface area contributed by atoms with Crippen molar-refractivity contribution < 1.29 is 0 Å². The Labute approximate surface area is 125 Å². The highest BCUT2D eigenvalue weighted by Gasteiger charge is 2.03. The van der Waals surface area contributed by atoms with Gasteiger partial charge in [0.15, 0.2) is 0 Å². The molecule has 0 aliphatic carbocycles. The van der Waals surface area contributed by atoms with Crippen LogP contribution >= 0.6 is 0 Å². The van der Waals surface area contributed by atoms with E-state index in [4.69, 9.17) is 5.26 Å². The summed E-state index contributed by atoms with van der Waals surface area (Å²) in [7, 11) is 1.85. The first-order valence-corrected chi connectivity index (χ1v) is 7.03. The van der Waals surface area contributed by atoms with Crippen molar-refractivity contribution in [3.63, 3.8) is 0 Å². The Bertz CT molecular complexity index is 628. The minimum absolute atomic E-state index is 0.664. The van der Waals surface area contributed by atoms with Crippen molar-refractivity contribution in [2.45, 2.75) is 26.3 Å². The summed E-state index contributed by atoms with van der Waals surface area (Å²) in [4.78, 5) is 8.93. The first-order valence-electron chi connectivity index (χ1n) is 7.03. The lowest BCUT2D eigenvalue weighted by molar-refractivity contribution is 0.835. The molecule has 0 fully saturated rings. The standard InChI is InChI=1S/C16H19N5/c1-3-4-14-20-15(18-2)9-16(21-14)19-11-13-7-5-12(10-17)6-8-13/h5-9H,3-4,11H2,1-2H3,(H2,18,19,20,21). The highest BCUT2D eigenvalue weighted by molar-refractivity contribution is 5.47. The van der Waals surface area contributed by atoms with Crippen LogP contribution in [0.5, 0.6) is 0 Å². The van der Waals surface area contributed by atoms with E-state index in [0.29, 0.717) is 12.1 Å². The summed E-state index contributed by atoms with van der Waals surface area (Å²) in [5.41, 5.74) is 1.78. The molecule has 0 aliphatic heterocycles. The molecule has 0 radical (unpaired) electrons. The van der Waals surface area contributed by atoms with Crippen molar-refractivity contribution in [3.05, 3.63) is 47.3 Å². The van der Waals surface area contributed by atoms with Gasteiger partial charge in [0.05, 0.1) is 11.6 Å². The van der Waals surface area contributed by atoms with Crippen molar-refractivity contribution in [3.8, 4) is 6.07 Å². The number of rotatable bonds is 6. The number of nitriles is 1. The molecule has 1 heterocycles. The molecule has 21 heavy (non-hydrogen) atoms. The first kappa shape index (κ1) is 14.8. The van der Waals surface area contributed by atoms with E-state index in [1.807, 2.05) is 37.4 Å². The zero-order valence-corrected chi connectivity index (χ0v) is 12.3. The van der Waals surface area contributed by atoms with Crippen LogP contribution in [0.15, 0.2) is 30.3 Å². The van der Waals surface area contributed by atoms with Crippen LogP contribution in [0, 0.1) is 11.3 Å². The van der Waals surface area contributed by atoms with Crippen LogP contribution in [0.4, 0.5) is 11.6 Å². The van der Waals surface area contributed by atoms with Crippen molar-refractivity contribution in [1.29, 1.82) is 5.26 Å². The van der Waals surface area contributed by atoms with Crippen molar-refractivity contribution in [2.24, 2.45) is 0 Å². The normalized spacial score (nSPS) is 9.95. The molecule has 108 valence electrons. The maximum Gasteiger partial charge on any atom is 0.133 e. The first-order chi connectivity index (χ1) is 10.2. The summed E-state index contributed by atoms with van der Waals surface area (Å²) < 4.78 is 0. The molecule has 1 aromatic carbocycles. The topological polar surface area (TPSA) is 73.6 Å². The molecule has 0 unspecified atom stereocenters. The Morgan fingerprint density at radius 3 is 2.48 bits per heavy atom. The van der Waals surface area contributed by atoms with Crippen LogP contribution in [0.3, 0.4) is 0 Å². The van der Waals surface area contributed by atoms with Gasteiger partial charge in [0.2, 0.25) is 0 Å². The highest BCUT2D eigenvalue weighted by Crippen LogP contribution is 2.13. The molecule has 1 aromatic heterocycles. The van der Waals surface area contributed by atoms with Crippen molar-refractivity contribution >= 4 is 11.6 Å². The zero-order chi connectivity index (χ0) is 15.1. The molecule has 0 bridgehead atoms. The minimum atomic E-state index is 0.664. The summed E-state index contributed by atoms with van der Waals surface area (Å²) in [5.74, 6) is 2.46. The molecular formula is C16H19N5. The third-order valence-corrected chi connectivity index (χ3v) is 3.06. The van der Waals surface area contributed by atoms with E-state index < -0.39 is 0 Å². The van der Waals surface area contributed by atoms with Crippen LogP contribution in [0.25, 0.3) is 0 Å². The molecule has 0 amide bonds. The second-order valence-electron chi connectivity index (χ2n) is 4.72. The van der Waals surface area contributed by atoms with E-state index in [1.165, 1.54) is 0 Å². The van der Waals surface area contributed by atoms with Crippen molar-refractivity contribution in [2.75, 3.05) is 17.7 Å². The van der Waals surface area contributed by atoms with E-state index in [2.05, 4.69) is 33.6 Å². The van der Waals surface area contributed by atoms with E-state index >= 15 is 0 Å². The lowest BCUT2D eigenvalue weighted by Gasteiger charge is -2.09. The quantitative estimate of drug-likeness (QED) is 0.851. The third-order valence-electron chi connectivity index (χ3n) is 3.06. The fraction of sp³-hybridized carbons (Fsp3) is 0.312. The summed E-state index contributed by atoms with van der Waals surface area (Å²) in [6.45, 7) is 2.77. The lowest BCUT2D eigenvalue weighted by Crippen LogP contribution is -2.06. The van der Waals surface area contributed by atoms with Gasteiger partial charge >= 0.3 is 0 Å². The predicted octanol–water partition coefficient (Wildman–Crippen LogP) is 2.95. The maximum absolute atomic E-state index is 8.79. The molecule has 5 heteroatoms. The number of hydrogen-bond acceptors (Lipinski definition) is 5. The summed E-state index contributed by atoms with van der Waals surface area (Å²) in [6, 6.07) is 11.5.